The number of rotatable bonds is 7. The van der Waals surface area contributed by atoms with Gasteiger partial charge in [0.2, 0.25) is 11.9 Å². The van der Waals surface area contributed by atoms with Crippen LogP contribution in [0.5, 0.6) is 0 Å². The monoisotopic (exact) mass is 386 g/mol. The van der Waals surface area contributed by atoms with Crippen LogP contribution < -0.4 is 16.4 Å². The molecule has 3 aromatic rings. The predicted octanol–water partition coefficient (Wildman–Crippen LogP) is 3.18. The van der Waals surface area contributed by atoms with E-state index in [4.69, 9.17) is 0 Å². The van der Waals surface area contributed by atoms with Crippen LogP contribution in [0.1, 0.15) is 13.3 Å². The van der Waals surface area contributed by atoms with E-state index in [1.54, 1.807) is 42.5 Å². The first kappa shape index (κ1) is 18.9. The van der Waals surface area contributed by atoms with Gasteiger partial charge in [0, 0.05) is 23.6 Å². The smallest absolute Gasteiger partial charge is 0.262 e. The Balaban J connectivity index is 1.62. The maximum absolute atomic E-state index is 13.6. The average molecular weight is 386 g/mol. The highest BCUT2D eigenvalue weighted by molar-refractivity contribution is 7.99. The second-order valence-corrected chi connectivity index (χ2v) is 6.84. The molecule has 0 fully saturated rings. The molecule has 1 aromatic heterocycles. The van der Waals surface area contributed by atoms with Crippen molar-refractivity contribution in [3.8, 4) is 0 Å². The number of halogens is 1. The third kappa shape index (κ3) is 4.46. The molecule has 140 valence electrons. The summed E-state index contributed by atoms with van der Waals surface area (Å²) in [6, 6.07) is 13.5. The Labute approximate surface area is 159 Å². The number of nitrogens with zero attached hydrogens (tertiary/aromatic N) is 2. The molecule has 0 unspecified atom stereocenters. The van der Waals surface area contributed by atoms with Gasteiger partial charge in [-0.2, -0.15) is 0 Å². The Morgan fingerprint density at radius 2 is 1.93 bits per heavy atom. The maximum Gasteiger partial charge on any atom is 0.262 e. The maximum atomic E-state index is 13.6. The fraction of sp³-hybridized carbons (Fsp3) is 0.211. The van der Waals surface area contributed by atoms with E-state index in [1.165, 1.54) is 22.4 Å². The number of hydrogen-bond acceptors (Lipinski definition) is 5. The second kappa shape index (κ2) is 8.68. The lowest BCUT2D eigenvalue weighted by molar-refractivity contribution is -0.120. The van der Waals surface area contributed by atoms with Crippen LogP contribution in [0.2, 0.25) is 0 Å². The lowest BCUT2D eigenvalue weighted by atomic mass is 10.2. The van der Waals surface area contributed by atoms with Crippen LogP contribution in [0.3, 0.4) is 0 Å². The molecule has 6 nitrogen and oxygen atoms in total. The van der Waals surface area contributed by atoms with Gasteiger partial charge in [-0.3, -0.25) is 25.0 Å². The molecule has 0 saturated heterocycles. The fourth-order valence-electron chi connectivity index (χ4n) is 2.56. The van der Waals surface area contributed by atoms with E-state index in [9.17, 15) is 14.0 Å². The van der Waals surface area contributed by atoms with E-state index in [0.717, 1.165) is 0 Å². The Kier molecular flexibility index (Phi) is 6.08. The number of benzene rings is 2. The highest BCUT2D eigenvalue weighted by Crippen LogP contribution is 2.21. The van der Waals surface area contributed by atoms with Crippen molar-refractivity contribution in [2.24, 2.45) is 0 Å². The van der Waals surface area contributed by atoms with Crippen LogP contribution in [0.25, 0.3) is 10.9 Å². The molecular formula is C19H19FN4O2S. The molecule has 1 amide bonds. The van der Waals surface area contributed by atoms with Gasteiger partial charge in [-0.05, 0) is 31.2 Å². The van der Waals surface area contributed by atoms with Crippen molar-refractivity contribution < 1.29 is 9.18 Å². The number of anilines is 1. The van der Waals surface area contributed by atoms with Crippen LogP contribution in [0.4, 0.5) is 10.3 Å². The Bertz CT molecular complexity index is 1020. The number of hydrogen-bond donors (Lipinski definition) is 2. The van der Waals surface area contributed by atoms with Gasteiger partial charge in [0.15, 0.2) is 0 Å². The summed E-state index contributed by atoms with van der Waals surface area (Å²) in [5, 5.41) is 0.525. The van der Waals surface area contributed by atoms with Gasteiger partial charge in [0.25, 0.3) is 5.56 Å². The third-order valence-corrected chi connectivity index (χ3v) is 4.97. The molecule has 8 heteroatoms. The Hall–Kier alpha value is -2.87. The van der Waals surface area contributed by atoms with Crippen LogP contribution >= 0.6 is 11.8 Å². The van der Waals surface area contributed by atoms with Crippen LogP contribution in [0, 0.1) is 5.82 Å². The Morgan fingerprint density at radius 3 is 2.70 bits per heavy atom. The van der Waals surface area contributed by atoms with Crippen molar-refractivity contribution in [2.45, 2.75) is 24.8 Å². The van der Waals surface area contributed by atoms with Gasteiger partial charge in [0.1, 0.15) is 5.82 Å². The lowest BCUT2D eigenvalue weighted by Gasteiger charge is -2.14. The van der Waals surface area contributed by atoms with Crippen molar-refractivity contribution in [2.75, 3.05) is 11.2 Å². The van der Waals surface area contributed by atoms with Crippen LogP contribution in [0.15, 0.2) is 58.2 Å². The second-order valence-electron chi connectivity index (χ2n) is 5.70. The first-order valence-electron chi connectivity index (χ1n) is 8.52. The molecule has 0 aliphatic carbocycles. The van der Waals surface area contributed by atoms with E-state index in [2.05, 4.69) is 15.8 Å². The van der Waals surface area contributed by atoms with Crippen LogP contribution in [-0.2, 0) is 11.3 Å². The third-order valence-electron chi connectivity index (χ3n) is 3.91. The first-order chi connectivity index (χ1) is 13.1. The highest BCUT2D eigenvalue weighted by Gasteiger charge is 2.10. The van der Waals surface area contributed by atoms with Gasteiger partial charge in [0.05, 0.1) is 10.9 Å². The van der Waals surface area contributed by atoms with E-state index < -0.39 is 0 Å². The molecule has 2 N–H and O–H groups in total. The van der Waals surface area contributed by atoms with E-state index in [1.807, 2.05) is 6.92 Å². The topological polar surface area (TPSA) is 76.0 Å². The summed E-state index contributed by atoms with van der Waals surface area (Å²) < 4.78 is 15.0. The number of aromatic nitrogens is 2. The van der Waals surface area contributed by atoms with E-state index in [0.29, 0.717) is 28.1 Å². The molecule has 2 aromatic carbocycles. The summed E-state index contributed by atoms with van der Waals surface area (Å²) >= 11 is 1.27. The molecule has 0 aliphatic rings. The number of para-hydroxylation sites is 1. The highest BCUT2D eigenvalue weighted by atomic mass is 32.2. The molecule has 1 heterocycles. The summed E-state index contributed by atoms with van der Waals surface area (Å²) in [4.78, 5) is 29.5. The van der Waals surface area contributed by atoms with Gasteiger partial charge in [-0.25, -0.2) is 9.37 Å². The molecule has 0 radical (unpaired) electrons. The minimum atomic E-state index is -0.298. The Morgan fingerprint density at radius 1 is 1.19 bits per heavy atom. The quantitative estimate of drug-likeness (QED) is 0.482. The molecule has 0 saturated carbocycles. The van der Waals surface area contributed by atoms with Crippen molar-refractivity contribution in [3.05, 3.63) is 64.7 Å². The number of thioether (sulfide) groups is 1. The van der Waals surface area contributed by atoms with Gasteiger partial charge < -0.3 is 0 Å². The molecule has 0 aliphatic heterocycles. The zero-order chi connectivity index (χ0) is 19.2. The fourth-order valence-corrected chi connectivity index (χ4v) is 3.45. The predicted molar refractivity (Wildman–Crippen MR) is 105 cm³/mol. The number of carbonyl (C=O) groups excluding carboxylic acids is 1. The lowest BCUT2D eigenvalue weighted by Crippen LogP contribution is -2.34. The van der Waals surface area contributed by atoms with Gasteiger partial charge in [-0.1, -0.05) is 24.3 Å². The number of hydrazine groups is 1. The molecule has 3 rings (SSSR count). The first-order valence-corrected chi connectivity index (χ1v) is 9.50. The minimum absolute atomic E-state index is 0.171. The average Bonchev–Trinajstić information content (AvgIpc) is 2.68. The number of nitrogens with one attached hydrogen (secondary N) is 2. The SMILES string of the molecule is CCn1c(NNC(=O)CCSc2ccccc2F)nc2ccccc2c1=O. The van der Waals surface area contributed by atoms with E-state index in [-0.39, 0.29) is 29.7 Å². The van der Waals surface area contributed by atoms with Crippen molar-refractivity contribution in [1.29, 1.82) is 0 Å². The molecule has 0 bridgehead atoms. The summed E-state index contributed by atoms with van der Waals surface area (Å²) in [5.74, 6) is 0.133. The van der Waals surface area contributed by atoms with E-state index >= 15 is 0 Å². The standard InChI is InChI=1S/C19H19FN4O2S/c1-2-24-18(26)13-7-3-5-9-15(13)21-19(24)23-22-17(25)11-12-27-16-10-6-4-8-14(16)20/h3-10H,2,11-12H2,1H3,(H,21,23)(H,22,25). The summed E-state index contributed by atoms with van der Waals surface area (Å²) in [5.41, 5.74) is 5.66. The number of carbonyl (C=O) groups is 1. The summed E-state index contributed by atoms with van der Waals surface area (Å²) in [7, 11) is 0. The number of amides is 1. The largest absolute Gasteiger partial charge is 0.277 e. The van der Waals surface area contributed by atoms with Crippen molar-refractivity contribution >= 4 is 34.5 Å². The molecule has 27 heavy (non-hydrogen) atoms. The number of fused-ring (bicyclic) bond motifs is 1. The minimum Gasteiger partial charge on any atom is -0.277 e. The van der Waals surface area contributed by atoms with Gasteiger partial charge in [-0.15, -0.1) is 11.8 Å². The van der Waals surface area contributed by atoms with Crippen LogP contribution in [-0.4, -0.2) is 21.2 Å². The van der Waals surface area contributed by atoms with Crippen molar-refractivity contribution in [3.63, 3.8) is 0 Å². The van der Waals surface area contributed by atoms with Gasteiger partial charge >= 0.3 is 0 Å². The molecule has 0 spiro atoms. The van der Waals surface area contributed by atoms with Crippen molar-refractivity contribution in [1.82, 2.24) is 15.0 Å². The molecule has 0 atom stereocenters. The normalized spacial score (nSPS) is 10.7. The summed E-state index contributed by atoms with van der Waals surface area (Å²) in [6.07, 6.45) is 0.190. The zero-order valence-corrected chi connectivity index (χ0v) is 15.6. The zero-order valence-electron chi connectivity index (χ0n) is 14.7. The summed E-state index contributed by atoms with van der Waals surface area (Å²) in [6.45, 7) is 2.24. The molecular weight excluding hydrogens is 367 g/mol.